The van der Waals surface area contributed by atoms with E-state index in [2.05, 4.69) is 0 Å². The van der Waals surface area contributed by atoms with E-state index in [0.29, 0.717) is 32.1 Å². The molecule has 0 N–H and O–H groups in total. The molecule has 0 unspecified atom stereocenters. The highest BCUT2D eigenvalue weighted by molar-refractivity contribution is 5.94. The van der Waals surface area contributed by atoms with Gasteiger partial charge in [-0.25, -0.2) is 0 Å². The Balaban J connectivity index is 1.54. The molecule has 4 heteroatoms. The van der Waals surface area contributed by atoms with Crippen molar-refractivity contribution in [2.45, 2.75) is 32.1 Å². The molecule has 2 fully saturated rings. The lowest BCUT2D eigenvalue weighted by Crippen LogP contribution is -2.52. The lowest BCUT2D eigenvalue weighted by molar-refractivity contribution is -0.138. The average Bonchev–Trinajstić information content (AvgIpc) is 2.62. The largest absolute Gasteiger partial charge is 0.339 e. The fourth-order valence-electron chi connectivity index (χ4n) is 3.50. The van der Waals surface area contributed by atoms with Crippen molar-refractivity contribution in [3.63, 3.8) is 0 Å². The van der Waals surface area contributed by atoms with Gasteiger partial charge in [0.1, 0.15) is 0 Å². The molecular weight excluding hydrogens is 276 g/mol. The lowest BCUT2D eigenvalue weighted by Gasteiger charge is -2.37. The number of nitrogens with zero attached hydrogens (tertiary/aromatic N) is 2. The van der Waals surface area contributed by atoms with Crippen molar-refractivity contribution < 1.29 is 9.59 Å². The highest BCUT2D eigenvalue weighted by Crippen LogP contribution is 2.25. The molecule has 1 saturated carbocycles. The minimum atomic E-state index is 0.0744. The number of hydrogen-bond donors (Lipinski definition) is 0. The Hall–Kier alpha value is -1.84. The SMILES string of the molecule is O=C(c1ccccc1)N1CCN(C(=O)C2CCCCC2)CC1. The van der Waals surface area contributed by atoms with Gasteiger partial charge in [-0.3, -0.25) is 9.59 Å². The fraction of sp³-hybridized carbons (Fsp3) is 0.556. The summed E-state index contributed by atoms with van der Waals surface area (Å²) in [6.45, 7) is 2.64. The predicted octanol–water partition coefficient (Wildman–Crippen LogP) is 2.55. The second kappa shape index (κ2) is 6.95. The summed E-state index contributed by atoms with van der Waals surface area (Å²) in [5, 5.41) is 0. The normalized spacial score (nSPS) is 20.0. The van der Waals surface area contributed by atoms with Crippen LogP contribution in [0.5, 0.6) is 0 Å². The number of hydrogen-bond acceptors (Lipinski definition) is 2. The molecule has 2 amide bonds. The third-order valence-corrected chi connectivity index (χ3v) is 4.85. The monoisotopic (exact) mass is 300 g/mol. The quantitative estimate of drug-likeness (QED) is 0.842. The molecule has 2 aliphatic rings. The Morgan fingerprint density at radius 3 is 2.05 bits per heavy atom. The molecule has 1 aromatic rings. The van der Waals surface area contributed by atoms with Crippen molar-refractivity contribution >= 4 is 11.8 Å². The number of piperazine rings is 1. The summed E-state index contributed by atoms with van der Waals surface area (Å²) >= 11 is 0. The van der Waals surface area contributed by atoms with Crippen LogP contribution in [0.3, 0.4) is 0 Å². The van der Waals surface area contributed by atoms with E-state index in [-0.39, 0.29) is 11.8 Å². The van der Waals surface area contributed by atoms with Crippen LogP contribution in [0.2, 0.25) is 0 Å². The number of benzene rings is 1. The van der Waals surface area contributed by atoms with Crippen molar-refractivity contribution in [3.05, 3.63) is 35.9 Å². The van der Waals surface area contributed by atoms with Gasteiger partial charge < -0.3 is 9.80 Å². The predicted molar refractivity (Wildman–Crippen MR) is 85.5 cm³/mol. The molecule has 4 nitrogen and oxygen atoms in total. The summed E-state index contributed by atoms with van der Waals surface area (Å²) in [7, 11) is 0. The van der Waals surface area contributed by atoms with Crippen molar-refractivity contribution in [1.82, 2.24) is 9.80 Å². The molecule has 0 atom stereocenters. The number of amides is 2. The van der Waals surface area contributed by atoms with E-state index < -0.39 is 0 Å². The molecule has 0 aromatic heterocycles. The Kier molecular flexibility index (Phi) is 4.76. The van der Waals surface area contributed by atoms with Crippen LogP contribution in [-0.2, 0) is 4.79 Å². The Morgan fingerprint density at radius 2 is 1.41 bits per heavy atom. The lowest BCUT2D eigenvalue weighted by atomic mass is 9.88. The van der Waals surface area contributed by atoms with Crippen molar-refractivity contribution in [3.8, 4) is 0 Å². The maximum absolute atomic E-state index is 12.5. The molecule has 1 aliphatic heterocycles. The van der Waals surface area contributed by atoms with E-state index in [4.69, 9.17) is 0 Å². The summed E-state index contributed by atoms with van der Waals surface area (Å²) < 4.78 is 0. The molecule has 1 aliphatic carbocycles. The van der Waals surface area contributed by atoms with E-state index >= 15 is 0 Å². The zero-order valence-corrected chi connectivity index (χ0v) is 13.0. The van der Waals surface area contributed by atoms with E-state index in [1.54, 1.807) is 0 Å². The van der Waals surface area contributed by atoms with Gasteiger partial charge in [-0.15, -0.1) is 0 Å². The Bertz CT molecular complexity index is 515. The summed E-state index contributed by atoms with van der Waals surface area (Å²) in [4.78, 5) is 28.7. The first-order chi connectivity index (χ1) is 10.8. The van der Waals surface area contributed by atoms with E-state index in [0.717, 1.165) is 18.4 Å². The fourth-order valence-corrected chi connectivity index (χ4v) is 3.50. The second-order valence-electron chi connectivity index (χ2n) is 6.32. The Morgan fingerprint density at radius 1 is 0.818 bits per heavy atom. The third kappa shape index (κ3) is 3.32. The first kappa shape index (κ1) is 15.1. The van der Waals surface area contributed by atoms with Crippen LogP contribution in [-0.4, -0.2) is 47.8 Å². The van der Waals surface area contributed by atoms with E-state index in [1.165, 1.54) is 19.3 Å². The van der Waals surface area contributed by atoms with Gasteiger partial charge in [0.05, 0.1) is 0 Å². The number of carbonyl (C=O) groups excluding carboxylic acids is 2. The molecule has 22 heavy (non-hydrogen) atoms. The third-order valence-electron chi connectivity index (χ3n) is 4.85. The van der Waals surface area contributed by atoms with Crippen molar-refractivity contribution in [2.75, 3.05) is 26.2 Å². The standard InChI is InChI=1S/C18H24N2O2/c21-17(15-7-3-1-4-8-15)19-11-13-20(14-12-19)18(22)16-9-5-2-6-10-16/h1,3-4,7-8,16H,2,5-6,9-14H2. The number of carbonyl (C=O) groups is 2. The summed E-state index contributed by atoms with van der Waals surface area (Å²) in [5.41, 5.74) is 0.731. The molecule has 3 rings (SSSR count). The minimum Gasteiger partial charge on any atom is -0.339 e. The first-order valence-electron chi connectivity index (χ1n) is 8.39. The zero-order chi connectivity index (χ0) is 15.4. The molecule has 1 saturated heterocycles. The van der Waals surface area contributed by atoms with Crippen LogP contribution in [0.1, 0.15) is 42.5 Å². The van der Waals surface area contributed by atoms with Crippen LogP contribution >= 0.6 is 0 Å². The first-order valence-corrected chi connectivity index (χ1v) is 8.39. The van der Waals surface area contributed by atoms with Gasteiger partial charge in [0.25, 0.3) is 5.91 Å². The van der Waals surface area contributed by atoms with Crippen LogP contribution < -0.4 is 0 Å². The average molecular weight is 300 g/mol. The molecule has 1 aromatic carbocycles. The van der Waals surface area contributed by atoms with E-state index in [1.807, 2.05) is 40.1 Å². The maximum atomic E-state index is 12.5. The van der Waals surface area contributed by atoms with Crippen molar-refractivity contribution in [1.29, 1.82) is 0 Å². The van der Waals surface area contributed by atoms with Gasteiger partial charge in [0, 0.05) is 37.7 Å². The van der Waals surface area contributed by atoms with Gasteiger partial charge in [-0.05, 0) is 25.0 Å². The summed E-state index contributed by atoms with van der Waals surface area (Å²) in [6.07, 6.45) is 5.72. The minimum absolute atomic E-state index is 0.0744. The van der Waals surface area contributed by atoms with Gasteiger partial charge in [-0.2, -0.15) is 0 Å². The smallest absolute Gasteiger partial charge is 0.253 e. The van der Waals surface area contributed by atoms with Crippen LogP contribution in [0.15, 0.2) is 30.3 Å². The van der Waals surface area contributed by atoms with Gasteiger partial charge in [-0.1, -0.05) is 37.5 Å². The summed E-state index contributed by atoms with van der Waals surface area (Å²) in [5.74, 6) is 0.613. The zero-order valence-electron chi connectivity index (χ0n) is 13.0. The maximum Gasteiger partial charge on any atom is 0.253 e. The van der Waals surface area contributed by atoms with Gasteiger partial charge >= 0.3 is 0 Å². The van der Waals surface area contributed by atoms with Gasteiger partial charge in [0.2, 0.25) is 5.91 Å². The number of rotatable bonds is 2. The van der Waals surface area contributed by atoms with Crippen LogP contribution in [0.25, 0.3) is 0 Å². The van der Waals surface area contributed by atoms with Crippen LogP contribution in [0.4, 0.5) is 0 Å². The second-order valence-corrected chi connectivity index (χ2v) is 6.32. The highest BCUT2D eigenvalue weighted by atomic mass is 16.2. The molecule has 0 bridgehead atoms. The molecule has 1 heterocycles. The molecule has 0 spiro atoms. The highest BCUT2D eigenvalue weighted by Gasteiger charge is 2.29. The molecule has 118 valence electrons. The van der Waals surface area contributed by atoms with Crippen LogP contribution in [0, 0.1) is 5.92 Å². The summed E-state index contributed by atoms with van der Waals surface area (Å²) in [6, 6.07) is 9.38. The van der Waals surface area contributed by atoms with Gasteiger partial charge in [0.15, 0.2) is 0 Å². The molecule has 0 radical (unpaired) electrons. The molecular formula is C18H24N2O2. The topological polar surface area (TPSA) is 40.6 Å². The van der Waals surface area contributed by atoms with E-state index in [9.17, 15) is 9.59 Å². The Labute approximate surface area is 132 Å². The van der Waals surface area contributed by atoms with Crippen molar-refractivity contribution in [2.24, 2.45) is 5.92 Å².